The van der Waals surface area contributed by atoms with Crippen LogP contribution < -0.4 is 0 Å². The SMILES string of the molecule is C1=CC=CN=CC=NSCC=C1. The van der Waals surface area contributed by atoms with Crippen molar-refractivity contribution in [3.63, 3.8) is 0 Å². The van der Waals surface area contributed by atoms with Crippen LogP contribution >= 0.6 is 11.9 Å². The molecule has 0 aromatic heterocycles. The highest BCUT2D eigenvalue weighted by molar-refractivity contribution is 7.98. The Kier molecular flexibility index (Phi) is 4.96. The second kappa shape index (κ2) is 6.61. The van der Waals surface area contributed by atoms with Gasteiger partial charge in [-0.3, -0.25) is 4.99 Å². The van der Waals surface area contributed by atoms with Gasteiger partial charge in [-0.2, -0.15) is 0 Å². The molecule has 0 fully saturated rings. The first-order valence-corrected chi connectivity index (χ1v) is 4.60. The van der Waals surface area contributed by atoms with Crippen LogP contribution in [-0.2, 0) is 0 Å². The van der Waals surface area contributed by atoms with E-state index in [4.69, 9.17) is 0 Å². The van der Waals surface area contributed by atoms with Gasteiger partial charge in [-0.25, -0.2) is 4.40 Å². The summed E-state index contributed by atoms with van der Waals surface area (Å²) in [5.41, 5.74) is 0. The zero-order valence-corrected chi connectivity index (χ0v) is 7.45. The van der Waals surface area contributed by atoms with Crippen LogP contribution in [0.5, 0.6) is 0 Å². The Balaban J connectivity index is 2.55. The van der Waals surface area contributed by atoms with Gasteiger partial charge < -0.3 is 0 Å². The minimum absolute atomic E-state index is 0.901. The smallest absolute Gasteiger partial charge is 0.0534 e. The fraction of sp³-hybridized carbons (Fsp3) is 0.111. The van der Waals surface area contributed by atoms with Gasteiger partial charge in [-0.15, -0.1) is 0 Å². The van der Waals surface area contributed by atoms with Gasteiger partial charge in [-0.05, 0) is 18.0 Å². The van der Waals surface area contributed by atoms with Crippen LogP contribution in [0.15, 0.2) is 46.0 Å². The van der Waals surface area contributed by atoms with Crippen molar-refractivity contribution in [3.8, 4) is 0 Å². The number of hydrogen-bond acceptors (Lipinski definition) is 3. The summed E-state index contributed by atoms with van der Waals surface area (Å²) in [6.45, 7) is 0. The molecule has 1 aliphatic rings. The Labute approximate surface area is 76.6 Å². The third kappa shape index (κ3) is 4.68. The maximum Gasteiger partial charge on any atom is 0.0534 e. The first-order valence-electron chi connectivity index (χ1n) is 3.65. The van der Waals surface area contributed by atoms with E-state index < -0.39 is 0 Å². The summed E-state index contributed by atoms with van der Waals surface area (Å²) >= 11 is 1.50. The van der Waals surface area contributed by atoms with E-state index in [1.165, 1.54) is 11.9 Å². The van der Waals surface area contributed by atoms with Crippen LogP contribution in [0.1, 0.15) is 0 Å². The van der Waals surface area contributed by atoms with Crippen LogP contribution in [0.2, 0.25) is 0 Å². The second-order valence-electron chi connectivity index (χ2n) is 2.00. The fourth-order valence-electron chi connectivity index (χ4n) is 0.606. The molecule has 0 unspecified atom stereocenters. The van der Waals surface area contributed by atoms with Crippen LogP contribution in [0.4, 0.5) is 0 Å². The van der Waals surface area contributed by atoms with Crippen molar-refractivity contribution in [3.05, 3.63) is 36.6 Å². The Morgan fingerprint density at radius 2 is 1.92 bits per heavy atom. The van der Waals surface area contributed by atoms with Crippen molar-refractivity contribution in [2.75, 3.05) is 5.75 Å². The van der Waals surface area contributed by atoms with Gasteiger partial charge in [0, 0.05) is 18.2 Å². The van der Waals surface area contributed by atoms with E-state index in [0.717, 1.165) is 5.75 Å². The van der Waals surface area contributed by atoms with Crippen LogP contribution in [0, 0.1) is 0 Å². The highest BCUT2D eigenvalue weighted by atomic mass is 32.2. The Bertz CT molecular complexity index is 223. The molecule has 0 spiro atoms. The third-order valence-corrected chi connectivity index (χ3v) is 1.71. The lowest BCUT2D eigenvalue weighted by molar-refractivity contribution is 1.60. The van der Waals surface area contributed by atoms with E-state index >= 15 is 0 Å². The molecule has 12 heavy (non-hydrogen) atoms. The molecular weight excluding hydrogens is 168 g/mol. The molecule has 0 amide bonds. The minimum atomic E-state index is 0.901. The molecule has 1 rings (SSSR count). The van der Waals surface area contributed by atoms with E-state index in [0.29, 0.717) is 0 Å². The van der Waals surface area contributed by atoms with Crippen LogP contribution in [-0.4, -0.2) is 18.2 Å². The zero-order valence-electron chi connectivity index (χ0n) is 6.63. The average molecular weight is 178 g/mol. The molecule has 0 saturated heterocycles. The van der Waals surface area contributed by atoms with Crippen molar-refractivity contribution < 1.29 is 0 Å². The lowest BCUT2D eigenvalue weighted by atomic mass is 10.4. The normalized spacial score (nSPS) is 17.3. The number of allylic oxidation sites excluding steroid dienone is 4. The fourth-order valence-corrected chi connectivity index (χ4v) is 1.03. The Morgan fingerprint density at radius 3 is 2.92 bits per heavy atom. The van der Waals surface area contributed by atoms with Crippen LogP contribution in [0.3, 0.4) is 0 Å². The molecule has 0 bridgehead atoms. The lowest BCUT2D eigenvalue weighted by Crippen LogP contribution is -1.73. The summed E-state index contributed by atoms with van der Waals surface area (Å²) in [5.74, 6) is 0.901. The summed E-state index contributed by atoms with van der Waals surface area (Å²) in [6, 6.07) is 0. The van der Waals surface area contributed by atoms with E-state index in [-0.39, 0.29) is 0 Å². The number of hydrogen-bond donors (Lipinski definition) is 0. The molecule has 62 valence electrons. The molecule has 0 aromatic rings. The molecule has 0 atom stereocenters. The molecule has 0 aliphatic carbocycles. The Hall–Kier alpha value is -1.09. The van der Waals surface area contributed by atoms with Crippen molar-refractivity contribution >= 4 is 24.4 Å². The van der Waals surface area contributed by atoms with Crippen LogP contribution in [0.25, 0.3) is 0 Å². The molecule has 1 heterocycles. The van der Waals surface area contributed by atoms with Gasteiger partial charge in [0.1, 0.15) is 0 Å². The summed E-state index contributed by atoms with van der Waals surface area (Å²) in [6.07, 6.45) is 14.9. The maximum atomic E-state index is 4.04. The van der Waals surface area contributed by atoms with Gasteiger partial charge in [0.25, 0.3) is 0 Å². The van der Waals surface area contributed by atoms with Gasteiger partial charge >= 0.3 is 0 Å². The predicted octanol–water partition coefficient (Wildman–Crippen LogP) is 2.42. The average Bonchev–Trinajstić information content (AvgIpc) is 2.05. The molecule has 0 saturated carbocycles. The summed E-state index contributed by atoms with van der Waals surface area (Å²) < 4.78 is 4.04. The third-order valence-electron chi connectivity index (χ3n) is 1.10. The zero-order chi connectivity index (χ0) is 8.49. The molecule has 1 aliphatic heterocycles. The van der Waals surface area contributed by atoms with Gasteiger partial charge in [0.2, 0.25) is 0 Å². The maximum absolute atomic E-state index is 4.04. The summed E-state index contributed by atoms with van der Waals surface area (Å²) in [4.78, 5) is 3.96. The topological polar surface area (TPSA) is 24.7 Å². The molecule has 0 aromatic carbocycles. The Morgan fingerprint density at radius 1 is 1.00 bits per heavy atom. The molecule has 0 N–H and O–H groups in total. The summed E-state index contributed by atoms with van der Waals surface area (Å²) in [7, 11) is 0. The van der Waals surface area contributed by atoms with Crippen molar-refractivity contribution in [1.82, 2.24) is 0 Å². The molecular formula is C9H10N2S. The van der Waals surface area contributed by atoms with E-state index in [9.17, 15) is 0 Å². The quantitative estimate of drug-likeness (QED) is 0.523. The van der Waals surface area contributed by atoms with E-state index in [1.807, 2.05) is 24.3 Å². The monoisotopic (exact) mass is 178 g/mol. The standard InChI is InChI=1S/C9H10N2S/c1-2-4-6-10-7-8-11-12-9-5-3-1/h1-8H,9H2. The van der Waals surface area contributed by atoms with Gasteiger partial charge in [0.15, 0.2) is 0 Å². The predicted molar refractivity (Wildman–Crippen MR) is 56.9 cm³/mol. The van der Waals surface area contributed by atoms with E-state index in [2.05, 4.69) is 15.5 Å². The van der Waals surface area contributed by atoms with E-state index in [1.54, 1.807) is 18.6 Å². The highest BCUT2D eigenvalue weighted by Crippen LogP contribution is 2.00. The molecule has 0 radical (unpaired) electrons. The lowest BCUT2D eigenvalue weighted by Gasteiger charge is -1.84. The van der Waals surface area contributed by atoms with Gasteiger partial charge in [0.05, 0.1) is 6.21 Å². The highest BCUT2D eigenvalue weighted by Gasteiger charge is 1.75. The second-order valence-corrected chi connectivity index (χ2v) is 2.81. The molecule has 2 nitrogen and oxygen atoms in total. The first-order chi connectivity index (χ1) is 6.00. The van der Waals surface area contributed by atoms with Crippen molar-refractivity contribution in [2.45, 2.75) is 0 Å². The molecule has 3 heteroatoms. The van der Waals surface area contributed by atoms with Gasteiger partial charge in [-0.1, -0.05) is 24.3 Å². The van der Waals surface area contributed by atoms with Crippen molar-refractivity contribution in [2.24, 2.45) is 9.39 Å². The largest absolute Gasteiger partial charge is 0.263 e. The first kappa shape index (κ1) is 9.00. The minimum Gasteiger partial charge on any atom is -0.263 e. The number of nitrogens with zero attached hydrogens (tertiary/aromatic N) is 2. The number of aliphatic imine (C=N–C) groups is 1. The summed E-state index contributed by atoms with van der Waals surface area (Å²) in [5, 5.41) is 0. The van der Waals surface area contributed by atoms with Crippen molar-refractivity contribution in [1.29, 1.82) is 0 Å². The number of rotatable bonds is 0.